The Balaban J connectivity index is 1.81. The van der Waals surface area contributed by atoms with Gasteiger partial charge in [0.15, 0.2) is 0 Å². The number of anilines is 1. The molecule has 2 heterocycles. The van der Waals surface area contributed by atoms with Crippen LogP contribution in [0, 0.1) is 5.92 Å². The monoisotopic (exact) mass is 242 g/mol. The lowest BCUT2D eigenvalue weighted by Gasteiger charge is -2.21. The van der Waals surface area contributed by atoms with E-state index >= 15 is 0 Å². The molecular formula is C11H15ClN2S. The number of aromatic nitrogens is 1. The zero-order chi connectivity index (χ0) is 10.5. The van der Waals surface area contributed by atoms with Gasteiger partial charge < -0.3 is 5.32 Å². The molecule has 0 spiro atoms. The van der Waals surface area contributed by atoms with Crippen molar-refractivity contribution in [3.63, 3.8) is 0 Å². The van der Waals surface area contributed by atoms with Gasteiger partial charge in [0.2, 0.25) is 0 Å². The highest BCUT2D eigenvalue weighted by molar-refractivity contribution is 7.99. The van der Waals surface area contributed by atoms with Crippen molar-refractivity contribution in [2.45, 2.75) is 12.8 Å². The van der Waals surface area contributed by atoms with Crippen molar-refractivity contribution in [3.8, 4) is 0 Å². The summed E-state index contributed by atoms with van der Waals surface area (Å²) in [5, 5.41) is 3.91. The Morgan fingerprint density at radius 1 is 1.40 bits per heavy atom. The fourth-order valence-corrected chi connectivity index (χ4v) is 3.07. The molecule has 0 amide bonds. The van der Waals surface area contributed by atoms with Gasteiger partial charge in [-0.05, 0) is 42.4 Å². The number of pyridine rings is 1. The summed E-state index contributed by atoms with van der Waals surface area (Å²) >= 11 is 7.87. The molecule has 4 heteroatoms. The number of halogens is 1. The van der Waals surface area contributed by atoms with E-state index in [9.17, 15) is 0 Å². The van der Waals surface area contributed by atoms with Crippen molar-refractivity contribution in [2.75, 3.05) is 23.4 Å². The molecule has 1 fully saturated rings. The molecule has 0 radical (unpaired) electrons. The molecule has 1 aliphatic rings. The van der Waals surface area contributed by atoms with Crippen molar-refractivity contribution in [2.24, 2.45) is 5.92 Å². The van der Waals surface area contributed by atoms with Gasteiger partial charge in [0.05, 0.1) is 0 Å². The van der Waals surface area contributed by atoms with Crippen molar-refractivity contribution >= 4 is 29.2 Å². The van der Waals surface area contributed by atoms with Crippen LogP contribution in [0.25, 0.3) is 0 Å². The first-order valence-corrected chi connectivity index (χ1v) is 6.82. The third kappa shape index (κ3) is 3.58. The van der Waals surface area contributed by atoms with Crippen LogP contribution >= 0.6 is 23.4 Å². The minimum absolute atomic E-state index is 0.555. The summed E-state index contributed by atoms with van der Waals surface area (Å²) in [7, 11) is 0. The highest BCUT2D eigenvalue weighted by Gasteiger charge is 2.13. The Morgan fingerprint density at radius 2 is 2.20 bits per heavy atom. The van der Waals surface area contributed by atoms with Crippen LogP contribution in [0.15, 0.2) is 18.2 Å². The third-order valence-electron chi connectivity index (χ3n) is 2.63. The van der Waals surface area contributed by atoms with Crippen LogP contribution in [0.1, 0.15) is 12.8 Å². The van der Waals surface area contributed by atoms with E-state index in [1.807, 2.05) is 12.1 Å². The molecular weight excluding hydrogens is 228 g/mol. The Kier molecular flexibility index (Phi) is 4.15. The van der Waals surface area contributed by atoms with Crippen LogP contribution < -0.4 is 5.32 Å². The summed E-state index contributed by atoms with van der Waals surface area (Å²) in [4.78, 5) is 4.21. The second-order valence-corrected chi connectivity index (χ2v) is 5.39. The Hall–Kier alpha value is -0.410. The van der Waals surface area contributed by atoms with E-state index in [-0.39, 0.29) is 0 Å². The van der Waals surface area contributed by atoms with Crippen molar-refractivity contribution in [3.05, 3.63) is 23.4 Å². The maximum absolute atomic E-state index is 5.81. The molecule has 1 saturated heterocycles. The van der Waals surface area contributed by atoms with Crippen molar-refractivity contribution < 1.29 is 0 Å². The average Bonchev–Trinajstić information content (AvgIpc) is 2.28. The molecule has 2 rings (SSSR count). The largest absolute Gasteiger partial charge is 0.370 e. The summed E-state index contributed by atoms with van der Waals surface area (Å²) in [5.74, 6) is 4.29. The number of nitrogens with zero attached hydrogens (tertiary/aromatic N) is 1. The molecule has 1 aromatic heterocycles. The first-order valence-electron chi connectivity index (χ1n) is 5.29. The second kappa shape index (κ2) is 5.61. The first-order chi connectivity index (χ1) is 7.34. The standard InChI is InChI=1S/C11H15ClN2S/c12-10-2-1-3-11(14-10)13-8-9-4-6-15-7-5-9/h1-3,9H,4-8H2,(H,13,14). The number of rotatable bonds is 3. The van der Waals surface area contributed by atoms with Gasteiger partial charge in [0, 0.05) is 6.54 Å². The van der Waals surface area contributed by atoms with Crippen LogP contribution in [0.3, 0.4) is 0 Å². The summed E-state index contributed by atoms with van der Waals surface area (Å²) in [5.41, 5.74) is 0. The Bertz CT molecular complexity index is 313. The van der Waals surface area contributed by atoms with Gasteiger partial charge in [0.25, 0.3) is 0 Å². The van der Waals surface area contributed by atoms with Crippen LogP contribution in [0.2, 0.25) is 5.15 Å². The van der Waals surface area contributed by atoms with E-state index in [0.717, 1.165) is 18.3 Å². The molecule has 0 aromatic carbocycles. The third-order valence-corrected chi connectivity index (χ3v) is 3.89. The van der Waals surface area contributed by atoms with Crippen LogP contribution in [-0.2, 0) is 0 Å². The predicted molar refractivity (Wildman–Crippen MR) is 67.8 cm³/mol. The molecule has 2 nitrogen and oxygen atoms in total. The smallest absolute Gasteiger partial charge is 0.131 e. The van der Waals surface area contributed by atoms with Gasteiger partial charge in [-0.2, -0.15) is 11.8 Å². The minimum Gasteiger partial charge on any atom is -0.370 e. The van der Waals surface area contributed by atoms with Crippen molar-refractivity contribution in [1.29, 1.82) is 0 Å². The lowest BCUT2D eigenvalue weighted by molar-refractivity contribution is 0.515. The number of thioether (sulfide) groups is 1. The van der Waals surface area contributed by atoms with Gasteiger partial charge in [-0.3, -0.25) is 0 Å². The molecule has 1 aromatic rings. The maximum Gasteiger partial charge on any atom is 0.131 e. The molecule has 0 aliphatic carbocycles. The molecule has 0 bridgehead atoms. The first kappa shape index (κ1) is 11.1. The molecule has 1 aliphatic heterocycles. The van der Waals surface area contributed by atoms with E-state index in [1.54, 1.807) is 6.07 Å². The number of hydrogen-bond acceptors (Lipinski definition) is 3. The molecule has 0 unspecified atom stereocenters. The Morgan fingerprint density at radius 3 is 2.93 bits per heavy atom. The summed E-state index contributed by atoms with van der Waals surface area (Å²) in [6, 6.07) is 5.68. The van der Waals surface area contributed by atoms with E-state index in [4.69, 9.17) is 11.6 Å². The topological polar surface area (TPSA) is 24.9 Å². The zero-order valence-corrected chi connectivity index (χ0v) is 10.2. The quantitative estimate of drug-likeness (QED) is 0.824. The molecule has 0 atom stereocenters. The highest BCUT2D eigenvalue weighted by Crippen LogP contribution is 2.22. The molecule has 82 valence electrons. The Labute approximate surface area is 99.8 Å². The van der Waals surface area contributed by atoms with Gasteiger partial charge in [-0.1, -0.05) is 17.7 Å². The van der Waals surface area contributed by atoms with Crippen molar-refractivity contribution in [1.82, 2.24) is 4.98 Å². The fraction of sp³-hybridized carbons (Fsp3) is 0.545. The predicted octanol–water partition coefficient (Wildman–Crippen LogP) is 3.29. The number of nitrogens with one attached hydrogen (secondary N) is 1. The van der Waals surface area contributed by atoms with E-state index in [0.29, 0.717) is 5.15 Å². The molecule has 15 heavy (non-hydrogen) atoms. The normalized spacial score (nSPS) is 17.7. The van der Waals surface area contributed by atoms with E-state index in [1.165, 1.54) is 24.3 Å². The second-order valence-electron chi connectivity index (χ2n) is 3.78. The van der Waals surface area contributed by atoms with Gasteiger partial charge in [-0.15, -0.1) is 0 Å². The van der Waals surface area contributed by atoms with Crippen LogP contribution in [-0.4, -0.2) is 23.0 Å². The highest BCUT2D eigenvalue weighted by atomic mass is 35.5. The van der Waals surface area contributed by atoms with Gasteiger partial charge >= 0.3 is 0 Å². The lowest BCUT2D eigenvalue weighted by Crippen LogP contribution is -2.19. The average molecular weight is 243 g/mol. The number of hydrogen-bond donors (Lipinski definition) is 1. The van der Waals surface area contributed by atoms with Crippen LogP contribution in [0.4, 0.5) is 5.82 Å². The zero-order valence-electron chi connectivity index (χ0n) is 8.58. The van der Waals surface area contributed by atoms with Crippen LogP contribution in [0.5, 0.6) is 0 Å². The lowest BCUT2D eigenvalue weighted by atomic mass is 10.0. The SMILES string of the molecule is Clc1cccc(NCC2CCSCC2)n1. The van der Waals surface area contributed by atoms with Gasteiger partial charge in [-0.25, -0.2) is 4.98 Å². The summed E-state index contributed by atoms with van der Waals surface area (Å²) in [6.45, 7) is 1.02. The minimum atomic E-state index is 0.555. The fourth-order valence-electron chi connectivity index (χ4n) is 1.71. The van der Waals surface area contributed by atoms with E-state index < -0.39 is 0 Å². The summed E-state index contributed by atoms with van der Waals surface area (Å²) in [6.07, 6.45) is 2.64. The van der Waals surface area contributed by atoms with E-state index in [2.05, 4.69) is 22.1 Å². The summed E-state index contributed by atoms with van der Waals surface area (Å²) < 4.78 is 0. The van der Waals surface area contributed by atoms with Gasteiger partial charge in [0.1, 0.15) is 11.0 Å². The molecule has 1 N–H and O–H groups in total. The molecule has 0 saturated carbocycles. The maximum atomic E-state index is 5.81.